The number of hydrogen-bond donors (Lipinski definition) is 0. The van der Waals surface area contributed by atoms with Crippen LogP contribution in [0.4, 0.5) is 0 Å². The molecule has 1 nitrogen and oxygen atoms in total. The molecule has 0 spiro atoms. The maximum atomic E-state index is 4.75. The van der Waals surface area contributed by atoms with Crippen LogP contribution in [0.5, 0.6) is 0 Å². The summed E-state index contributed by atoms with van der Waals surface area (Å²) in [5, 5.41) is 8.28. The fourth-order valence-electron chi connectivity index (χ4n) is 6.74. The number of nitrogens with zero attached hydrogens (tertiary/aromatic N) is 1. The molecule has 39 heavy (non-hydrogen) atoms. The van der Waals surface area contributed by atoms with E-state index in [0.29, 0.717) is 0 Å². The molecule has 2 aliphatic rings. The van der Waals surface area contributed by atoms with Crippen molar-refractivity contribution < 1.29 is 0 Å². The highest BCUT2D eigenvalue weighted by molar-refractivity contribution is 6.16. The molecule has 0 aliphatic heterocycles. The largest absolute Gasteiger partial charge is 0.256 e. The summed E-state index contributed by atoms with van der Waals surface area (Å²) in [4.78, 5) is 4.75. The van der Waals surface area contributed by atoms with Crippen molar-refractivity contribution in [1.82, 2.24) is 4.98 Å². The van der Waals surface area contributed by atoms with Gasteiger partial charge in [0.15, 0.2) is 0 Å². The topological polar surface area (TPSA) is 12.9 Å². The molecule has 4 aromatic carbocycles. The monoisotopic (exact) mass is 503 g/mol. The molecule has 1 heterocycles. The SMILES string of the molecule is CCC1=c2ccccc2=C(c2c3ccccc3c(C3=CC(c4ccc(C)cn4)=CCC3)c3ccccc23)CC1. The van der Waals surface area contributed by atoms with Crippen molar-refractivity contribution in [3.8, 4) is 0 Å². The lowest BCUT2D eigenvalue weighted by atomic mass is 9.80. The molecule has 0 atom stereocenters. The average Bonchev–Trinajstić information content (AvgIpc) is 3.00. The maximum absolute atomic E-state index is 4.75. The smallest absolute Gasteiger partial charge is 0.0699 e. The van der Waals surface area contributed by atoms with Crippen LogP contribution < -0.4 is 10.4 Å². The molecule has 0 bridgehead atoms. The molecule has 2 aliphatic carbocycles. The summed E-state index contributed by atoms with van der Waals surface area (Å²) in [7, 11) is 0. The van der Waals surface area contributed by atoms with Gasteiger partial charge in [0.25, 0.3) is 0 Å². The standard InChI is InChI=1S/C38H33N/c1-3-26-20-21-35(30-14-5-4-13-29(26)30)38-33-17-8-6-15-31(33)37(32-16-7-9-18-34(32)38)28-12-10-11-27(23-28)36-22-19-25(2)24-39-36/h4-9,11,13-19,22-24H,3,10,12,20-21H2,1-2H3. The van der Waals surface area contributed by atoms with E-state index in [1.807, 2.05) is 6.20 Å². The van der Waals surface area contributed by atoms with Gasteiger partial charge in [-0.3, -0.25) is 4.98 Å². The van der Waals surface area contributed by atoms with E-state index in [4.69, 9.17) is 4.98 Å². The normalized spacial score (nSPS) is 15.3. The van der Waals surface area contributed by atoms with Gasteiger partial charge in [-0.25, -0.2) is 0 Å². The number of allylic oxidation sites excluding steroid dienone is 4. The van der Waals surface area contributed by atoms with Gasteiger partial charge < -0.3 is 0 Å². The fraction of sp³-hybridized carbons (Fsp3) is 0.184. The Morgan fingerprint density at radius 2 is 1.31 bits per heavy atom. The van der Waals surface area contributed by atoms with Crippen LogP contribution in [0.2, 0.25) is 0 Å². The van der Waals surface area contributed by atoms with Crippen LogP contribution in [0.1, 0.15) is 61.4 Å². The van der Waals surface area contributed by atoms with Crippen LogP contribution in [-0.2, 0) is 0 Å². The zero-order valence-electron chi connectivity index (χ0n) is 22.8. The van der Waals surface area contributed by atoms with E-state index in [1.54, 1.807) is 5.57 Å². The third-order valence-corrected chi connectivity index (χ3v) is 8.61. The predicted molar refractivity (Wildman–Crippen MR) is 167 cm³/mol. The Labute approximate surface area is 230 Å². The van der Waals surface area contributed by atoms with Crippen LogP contribution in [0.25, 0.3) is 43.8 Å². The van der Waals surface area contributed by atoms with Gasteiger partial charge in [-0.15, -0.1) is 0 Å². The third-order valence-electron chi connectivity index (χ3n) is 8.61. The molecule has 0 N–H and O–H groups in total. The first-order chi connectivity index (χ1) is 19.2. The molecule has 0 unspecified atom stereocenters. The number of aryl methyl sites for hydroxylation is 1. The van der Waals surface area contributed by atoms with E-state index >= 15 is 0 Å². The summed E-state index contributed by atoms with van der Waals surface area (Å²) < 4.78 is 0. The zero-order chi connectivity index (χ0) is 26.3. The summed E-state index contributed by atoms with van der Waals surface area (Å²) in [6.45, 7) is 4.39. The van der Waals surface area contributed by atoms with Crippen molar-refractivity contribution in [2.24, 2.45) is 0 Å². The first-order valence-electron chi connectivity index (χ1n) is 14.3. The van der Waals surface area contributed by atoms with Gasteiger partial charge in [-0.2, -0.15) is 0 Å². The van der Waals surface area contributed by atoms with E-state index in [2.05, 4.69) is 111 Å². The Morgan fingerprint density at radius 3 is 1.95 bits per heavy atom. The highest BCUT2D eigenvalue weighted by Crippen LogP contribution is 2.43. The quantitative estimate of drug-likeness (QED) is 0.224. The van der Waals surface area contributed by atoms with Crippen molar-refractivity contribution in [3.63, 3.8) is 0 Å². The van der Waals surface area contributed by atoms with Crippen LogP contribution in [0.15, 0.2) is 103 Å². The minimum absolute atomic E-state index is 1.03. The van der Waals surface area contributed by atoms with Gasteiger partial charge >= 0.3 is 0 Å². The second-order valence-electron chi connectivity index (χ2n) is 10.9. The first kappa shape index (κ1) is 23.9. The zero-order valence-corrected chi connectivity index (χ0v) is 22.8. The van der Waals surface area contributed by atoms with Crippen molar-refractivity contribution in [2.75, 3.05) is 0 Å². The van der Waals surface area contributed by atoms with Crippen LogP contribution in [-0.4, -0.2) is 4.98 Å². The summed E-state index contributed by atoms with van der Waals surface area (Å²) in [5.41, 5.74) is 10.8. The molecular formula is C38H33N. The second-order valence-corrected chi connectivity index (χ2v) is 10.9. The Hall–Kier alpha value is -4.23. The van der Waals surface area contributed by atoms with E-state index in [0.717, 1.165) is 37.8 Å². The van der Waals surface area contributed by atoms with E-state index in [-0.39, 0.29) is 0 Å². The summed E-state index contributed by atoms with van der Waals surface area (Å²) in [5.74, 6) is 0. The van der Waals surface area contributed by atoms with Gasteiger partial charge in [0.1, 0.15) is 0 Å². The van der Waals surface area contributed by atoms with Crippen LogP contribution in [0, 0.1) is 6.92 Å². The summed E-state index contributed by atoms with van der Waals surface area (Å²) in [6, 6.07) is 31.6. The Bertz CT molecular complexity index is 1880. The van der Waals surface area contributed by atoms with Crippen molar-refractivity contribution in [3.05, 3.63) is 136 Å². The van der Waals surface area contributed by atoms with Crippen molar-refractivity contribution in [2.45, 2.75) is 46.0 Å². The molecule has 0 saturated heterocycles. The van der Waals surface area contributed by atoms with Crippen molar-refractivity contribution >= 4 is 43.8 Å². The number of hydrogen-bond acceptors (Lipinski definition) is 1. The molecule has 1 aromatic heterocycles. The number of pyridine rings is 1. The molecule has 190 valence electrons. The number of aromatic nitrogens is 1. The third kappa shape index (κ3) is 4.05. The van der Waals surface area contributed by atoms with Crippen molar-refractivity contribution in [1.29, 1.82) is 0 Å². The predicted octanol–water partition coefficient (Wildman–Crippen LogP) is 8.51. The molecule has 1 heteroatoms. The van der Waals surface area contributed by atoms with Crippen LogP contribution >= 0.6 is 0 Å². The fourth-order valence-corrected chi connectivity index (χ4v) is 6.74. The minimum Gasteiger partial charge on any atom is -0.256 e. The molecule has 0 radical (unpaired) electrons. The number of benzene rings is 4. The van der Waals surface area contributed by atoms with Gasteiger partial charge in [-0.05, 0) is 117 Å². The first-order valence-corrected chi connectivity index (χ1v) is 14.3. The number of rotatable bonds is 4. The van der Waals surface area contributed by atoms with Crippen LogP contribution in [0.3, 0.4) is 0 Å². The molecule has 0 amide bonds. The van der Waals surface area contributed by atoms with E-state index in [9.17, 15) is 0 Å². The lowest BCUT2D eigenvalue weighted by Crippen LogP contribution is -2.32. The maximum Gasteiger partial charge on any atom is 0.0699 e. The minimum atomic E-state index is 1.03. The highest BCUT2D eigenvalue weighted by atomic mass is 14.7. The Balaban J connectivity index is 1.54. The molecule has 0 saturated carbocycles. The Morgan fingerprint density at radius 1 is 0.667 bits per heavy atom. The molecular weight excluding hydrogens is 470 g/mol. The van der Waals surface area contributed by atoms with Gasteiger partial charge in [0.05, 0.1) is 5.69 Å². The molecule has 5 aromatic rings. The second kappa shape index (κ2) is 9.82. The molecule has 7 rings (SSSR count). The summed E-state index contributed by atoms with van der Waals surface area (Å²) >= 11 is 0. The van der Waals surface area contributed by atoms with Gasteiger partial charge in [-0.1, -0.05) is 97.4 Å². The molecule has 0 fully saturated rings. The summed E-state index contributed by atoms with van der Waals surface area (Å²) in [6.07, 6.45) is 12.1. The van der Waals surface area contributed by atoms with Gasteiger partial charge in [0, 0.05) is 6.20 Å². The lowest BCUT2D eigenvalue weighted by Gasteiger charge is -2.24. The lowest BCUT2D eigenvalue weighted by molar-refractivity contribution is 0.986. The van der Waals surface area contributed by atoms with Gasteiger partial charge in [0.2, 0.25) is 0 Å². The number of fused-ring (bicyclic) bond motifs is 3. The van der Waals surface area contributed by atoms with E-state index in [1.165, 1.54) is 65.4 Å². The average molecular weight is 504 g/mol. The van der Waals surface area contributed by atoms with E-state index < -0.39 is 0 Å². The Kier molecular flexibility index (Phi) is 6.01. The highest BCUT2D eigenvalue weighted by Gasteiger charge is 2.22.